The van der Waals surface area contributed by atoms with Gasteiger partial charge in [0, 0.05) is 14.9 Å². The van der Waals surface area contributed by atoms with E-state index in [1.54, 1.807) is 36.4 Å². The normalized spacial score (nSPS) is 11.9. The third-order valence-corrected chi connectivity index (χ3v) is 4.03. The highest BCUT2D eigenvalue weighted by Gasteiger charge is 2.33. The van der Waals surface area contributed by atoms with Crippen LogP contribution in [0.2, 0.25) is 5.02 Å². The van der Waals surface area contributed by atoms with E-state index in [-0.39, 0.29) is 5.52 Å². The number of nitrogens with zero attached hydrogens (tertiary/aromatic N) is 1. The fraction of sp³-hybridized carbons (Fsp3) is 0.0625. The number of hydrogen-bond acceptors (Lipinski definition) is 1. The predicted octanol–water partition coefficient (Wildman–Crippen LogP) is 6.34. The van der Waals surface area contributed by atoms with E-state index in [4.69, 9.17) is 11.6 Å². The quantitative estimate of drug-likeness (QED) is 0.476. The molecule has 0 aliphatic heterocycles. The van der Waals surface area contributed by atoms with Gasteiger partial charge in [-0.15, -0.1) is 0 Å². The maximum Gasteiger partial charge on any atom is 0.433 e. The Hall–Kier alpha value is -1.59. The number of fused-ring (bicyclic) bond motifs is 1. The van der Waals surface area contributed by atoms with Gasteiger partial charge < -0.3 is 0 Å². The van der Waals surface area contributed by atoms with E-state index in [0.29, 0.717) is 26.0 Å². The first kappa shape index (κ1) is 15.3. The molecular formula is C16H8BrClF3N. The summed E-state index contributed by atoms with van der Waals surface area (Å²) < 4.78 is 39.8. The summed E-state index contributed by atoms with van der Waals surface area (Å²) in [7, 11) is 0. The maximum absolute atomic E-state index is 13.1. The molecule has 0 bridgehead atoms. The fourth-order valence-corrected chi connectivity index (χ4v) is 3.15. The van der Waals surface area contributed by atoms with E-state index in [0.717, 1.165) is 6.07 Å². The highest BCUT2D eigenvalue weighted by atomic mass is 79.9. The zero-order valence-electron chi connectivity index (χ0n) is 11.0. The molecule has 0 N–H and O–H groups in total. The highest BCUT2D eigenvalue weighted by molar-refractivity contribution is 9.10. The first-order chi connectivity index (χ1) is 10.4. The second-order valence-corrected chi connectivity index (χ2v) is 5.99. The number of aromatic nitrogens is 1. The largest absolute Gasteiger partial charge is 0.433 e. The van der Waals surface area contributed by atoms with Gasteiger partial charge in [-0.2, -0.15) is 13.2 Å². The van der Waals surface area contributed by atoms with Crippen molar-refractivity contribution in [1.29, 1.82) is 0 Å². The summed E-state index contributed by atoms with van der Waals surface area (Å²) in [5, 5.41) is 0.997. The number of benzene rings is 2. The number of alkyl halides is 3. The molecule has 0 aliphatic rings. The summed E-state index contributed by atoms with van der Waals surface area (Å²) in [5.41, 5.74) is 0.427. The van der Waals surface area contributed by atoms with Crippen LogP contribution in [-0.2, 0) is 6.18 Å². The number of hydrogen-bond donors (Lipinski definition) is 0. The molecule has 0 unspecified atom stereocenters. The molecule has 0 fully saturated rings. The molecule has 1 heterocycles. The minimum Gasteiger partial charge on any atom is -0.242 e. The summed E-state index contributed by atoms with van der Waals surface area (Å²) in [5.74, 6) is 0. The molecule has 112 valence electrons. The van der Waals surface area contributed by atoms with Gasteiger partial charge in [-0.1, -0.05) is 41.9 Å². The summed E-state index contributed by atoms with van der Waals surface area (Å²) in [6, 6.07) is 13.1. The van der Waals surface area contributed by atoms with Gasteiger partial charge in [-0.25, -0.2) is 4.98 Å². The molecule has 22 heavy (non-hydrogen) atoms. The molecule has 6 heteroatoms. The van der Waals surface area contributed by atoms with Crippen molar-refractivity contribution in [3.63, 3.8) is 0 Å². The summed E-state index contributed by atoms with van der Waals surface area (Å²) >= 11 is 9.27. The van der Waals surface area contributed by atoms with Gasteiger partial charge in [0.25, 0.3) is 0 Å². The topological polar surface area (TPSA) is 12.9 Å². The first-order valence-electron chi connectivity index (χ1n) is 6.28. The Morgan fingerprint density at radius 1 is 1.00 bits per heavy atom. The van der Waals surface area contributed by atoms with Crippen LogP contribution in [0.4, 0.5) is 13.2 Å². The molecule has 0 saturated heterocycles. The minimum atomic E-state index is -4.52. The second-order valence-electron chi connectivity index (χ2n) is 4.70. The molecule has 0 aliphatic carbocycles. The SMILES string of the molecule is FC(F)(F)c1cc(-c2ccccc2)c2cc(Cl)cc(Br)c2n1. The van der Waals surface area contributed by atoms with Crippen LogP contribution in [0.25, 0.3) is 22.0 Å². The molecule has 3 aromatic rings. The van der Waals surface area contributed by atoms with Crippen molar-refractivity contribution in [2.45, 2.75) is 6.18 Å². The molecule has 0 saturated carbocycles. The number of pyridine rings is 1. The van der Waals surface area contributed by atoms with E-state index in [2.05, 4.69) is 20.9 Å². The fourth-order valence-electron chi connectivity index (χ4n) is 2.25. The lowest BCUT2D eigenvalue weighted by Gasteiger charge is -2.13. The number of rotatable bonds is 1. The Kier molecular flexibility index (Phi) is 3.87. The average molecular weight is 387 g/mol. The highest BCUT2D eigenvalue weighted by Crippen LogP contribution is 2.38. The van der Waals surface area contributed by atoms with Crippen molar-refractivity contribution >= 4 is 38.4 Å². The molecule has 3 rings (SSSR count). The third-order valence-electron chi connectivity index (χ3n) is 3.21. The summed E-state index contributed by atoms with van der Waals surface area (Å²) in [4.78, 5) is 3.74. The molecule has 0 spiro atoms. The Bertz CT molecular complexity index is 847. The molecule has 1 nitrogen and oxygen atoms in total. The van der Waals surface area contributed by atoms with E-state index in [9.17, 15) is 13.2 Å². The number of halogens is 5. The Labute approximate surface area is 137 Å². The molecule has 0 amide bonds. The van der Waals surface area contributed by atoms with Crippen LogP contribution in [0.3, 0.4) is 0 Å². The van der Waals surface area contributed by atoms with E-state index in [1.807, 2.05) is 0 Å². The van der Waals surface area contributed by atoms with Gasteiger partial charge in [0.15, 0.2) is 0 Å². The van der Waals surface area contributed by atoms with Crippen LogP contribution in [0.5, 0.6) is 0 Å². The predicted molar refractivity (Wildman–Crippen MR) is 84.9 cm³/mol. The molecule has 0 radical (unpaired) electrons. The van der Waals surface area contributed by atoms with Gasteiger partial charge in [-0.05, 0) is 45.3 Å². The molecule has 1 aromatic heterocycles. The van der Waals surface area contributed by atoms with Gasteiger partial charge in [0.2, 0.25) is 0 Å². The van der Waals surface area contributed by atoms with Crippen LogP contribution in [0, 0.1) is 0 Å². The van der Waals surface area contributed by atoms with Crippen LogP contribution in [0.1, 0.15) is 5.69 Å². The van der Waals surface area contributed by atoms with Crippen molar-refractivity contribution in [1.82, 2.24) is 4.98 Å². The van der Waals surface area contributed by atoms with Crippen LogP contribution in [-0.4, -0.2) is 4.98 Å². The van der Waals surface area contributed by atoms with Gasteiger partial charge >= 0.3 is 6.18 Å². The van der Waals surface area contributed by atoms with Crippen molar-refractivity contribution in [3.8, 4) is 11.1 Å². The van der Waals surface area contributed by atoms with Crippen LogP contribution in [0.15, 0.2) is 53.0 Å². The molecule has 2 aromatic carbocycles. The average Bonchev–Trinajstić information content (AvgIpc) is 2.46. The van der Waals surface area contributed by atoms with Crippen molar-refractivity contribution in [2.75, 3.05) is 0 Å². The smallest absolute Gasteiger partial charge is 0.242 e. The van der Waals surface area contributed by atoms with E-state index < -0.39 is 11.9 Å². The molecular weight excluding hydrogens is 379 g/mol. The Balaban J connectivity index is 2.42. The maximum atomic E-state index is 13.1. The van der Waals surface area contributed by atoms with Crippen molar-refractivity contribution in [2.24, 2.45) is 0 Å². The first-order valence-corrected chi connectivity index (χ1v) is 7.46. The monoisotopic (exact) mass is 385 g/mol. The van der Waals surface area contributed by atoms with Crippen molar-refractivity contribution in [3.05, 3.63) is 63.7 Å². The van der Waals surface area contributed by atoms with Gasteiger partial charge in [-0.3, -0.25) is 0 Å². The standard InChI is InChI=1S/C16H8BrClF3N/c17-13-7-10(18)6-12-11(9-4-2-1-3-5-9)8-14(16(19,20)21)22-15(12)13/h1-8H. The minimum absolute atomic E-state index is 0.234. The van der Waals surface area contributed by atoms with Crippen LogP contribution >= 0.6 is 27.5 Å². The zero-order valence-corrected chi connectivity index (χ0v) is 13.3. The lowest BCUT2D eigenvalue weighted by Crippen LogP contribution is -2.08. The third kappa shape index (κ3) is 2.83. The van der Waals surface area contributed by atoms with Crippen LogP contribution < -0.4 is 0 Å². The lowest BCUT2D eigenvalue weighted by molar-refractivity contribution is -0.140. The molecule has 0 atom stereocenters. The van der Waals surface area contributed by atoms with Gasteiger partial charge in [0.05, 0.1) is 5.52 Å². The Morgan fingerprint density at radius 3 is 2.32 bits per heavy atom. The zero-order chi connectivity index (χ0) is 15.9. The second kappa shape index (κ2) is 5.56. The summed E-state index contributed by atoms with van der Waals surface area (Å²) in [6.45, 7) is 0. The lowest BCUT2D eigenvalue weighted by atomic mass is 10.00. The Morgan fingerprint density at radius 2 is 1.68 bits per heavy atom. The van der Waals surface area contributed by atoms with E-state index >= 15 is 0 Å². The summed E-state index contributed by atoms with van der Waals surface area (Å²) in [6.07, 6.45) is -4.52. The van der Waals surface area contributed by atoms with Crippen molar-refractivity contribution < 1.29 is 13.2 Å². The van der Waals surface area contributed by atoms with E-state index in [1.165, 1.54) is 6.07 Å². The van der Waals surface area contributed by atoms with Gasteiger partial charge in [0.1, 0.15) is 5.69 Å².